The van der Waals surface area contributed by atoms with Crippen LogP contribution in [0.3, 0.4) is 0 Å². The molecule has 1 aromatic rings. The fourth-order valence-corrected chi connectivity index (χ4v) is 1.43. The Kier molecular flexibility index (Phi) is 3.24. The van der Waals surface area contributed by atoms with Crippen molar-refractivity contribution in [3.63, 3.8) is 0 Å². The maximum atomic E-state index is 12.8. The van der Waals surface area contributed by atoms with Crippen molar-refractivity contribution in [1.29, 1.82) is 0 Å². The highest BCUT2D eigenvalue weighted by Crippen LogP contribution is 2.31. The number of aliphatic carboxylic acids is 1. The van der Waals surface area contributed by atoms with E-state index in [9.17, 15) is 13.6 Å². The van der Waals surface area contributed by atoms with Gasteiger partial charge in [0.15, 0.2) is 0 Å². The third-order valence-corrected chi connectivity index (χ3v) is 1.96. The lowest BCUT2D eigenvalue weighted by Gasteiger charge is -2.11. The SMILES string of the molecule is CC(F)(F)c1ncc(CC(=O)O)cc1Cl. The van der Waals surface area contributed by atoms with Crippen molar-refractivity contribution in [2.45, 2.75) is 19.3 Å². The Hall–Kier alpha value is -1.23. The van der Waals surface area contributed by atoms with Crippen molar-refractivity contribution in [2.24, 2.45) is 0 Å². The molecule has 1 N–H and O–H groups in total. The predicted molar refractivity (Wildman–Crippen MR) is 50.2 cm³/mol. The standard InChI is InChI=1S/C9H8ClF2NO2/c1-9(11,12)8-6(10)2-5(4-13-8)3-7(14)15/h2,4H,3H2,1H3,(H,14,15). The molecule has 0 aliphatic rings. The van der Waals surface area contributed by atoms with Crippen LogP contribution in [-0.4, -0.2) is 16.1 Å². The highest BCUT2D eigenvalue weighted by atomic mass is 35.5. The third-order valence-electron chi connectivity index (χ3n) is 1.67. The smallest absolute Gasteiger partial charge is 0.307 e. The summed E-state index contributed by atoms with van der Waals surface area (Å²) in [5.74, 6) is -4.19. The van der Waals surface area contributed by atoms with Crippen LogP contribution in [0.25, 0.3) is 0 Å². The molecule has 0 aromatic carbocycles. The normalized spacial score (nSPS) is 11.5. The topological polar surface area (TPSA) is 50.2 Å². The second-order valence-electron chi connectivity index (χ2n) is 3.13. The summed E-state index contributed by atoms with van der Waals surface area (Å²) in [6, 6.07) is 1.19. The van der Waals surface area contributed by atoms with Gasteiger partial charge in [-0.2, -0.15) is 8.78 Å². The van der Waals surface area contributed by atoms with Gasteiger partial charge in [0.05, 0.1) is 11.4 Å². The number of halogens is 3. The first-order valence-electron chi connectivity index (χ1n) is 4.05. The Bertz CT molecular complexity index is 390. The molecule has 3 nitrogen and oxygen atoms in total. The summed E-state index contributed by atoms with van der Waals surface area (Å²) < 4.78 is 25.7. The molecular formula is C9H8ClF2NO2. The van der Waals surface area contributed by atoms with Crippen molar-refractivity contribution in [3.8, 4) is 0 Å². The number of hydrogen-bond donors (Lipinski definition) is 1. The van der Waals surface area contributed by atoms with Crippen molar-refractivity contribution >= 4 is 17.6 Å². The molecule has 0 radical (unpaired) electrons. The number of carboxylic acids is 1. The lowest BCUT2D eigenvalue weighted by Crippen LogP contribution is -2.11. The summed E-state index contributed by atoms with van der Waals surface area (Å²) in [5.41, 5.74) is -0.251. The monoisotopic (exact) mass is 235 g/mol. The van der Waals surface area contributed by atoms with E-state index in [2.05, 4.69) is 4.98 Å². The van der Waals surface area contributed by atoms with Crippen LogP contribution in [0.4, 0.5) is 8.78 Å². The molecule has 1 rings (SSSR count). The highest BCUT2D eigenvalue weighted by Gasteiger charge is 2.29. The number of carboxylic acid groups (broad SMARTS) is 1. The third kappa shape index (κ3) is 3.13. The molecule has 0 bridgehead atoms. The van der Waals surface area contributed by atoms with Crippen LogP contribution < -0.4 is 0 Å². The Morgan fingerprint density at radius 3 is 2.67 bits per heavy atom. The van der Waals surface area contributed by atoms with Gasteiger partial charge in [-0.15, -0.1) is 0 Å². The summed E-state index contributed by atoms with van der Waals surface area (Å²) in [6.07, 6.45) is 0.801. The minimum Gasteiger partial charge on any atom is -0.481 e. The Labute approximate surface area is 89.7 Å². The average molecular weight is 236 g/mol. The van der Waals surface area contributed by atoms with E-state index in [0.717, 1.165) is 6.20 Å². The largest absolute Gasteiger partial charge is 0.481 e. The molecule has 1 aromatic heterocycles. The molecule has 0 aliphatic carbocycles. The van der Waals surface area contributed by atoms with Gasteiger partial charge < -0.3 is 5.11 Å². The molecule has 15 heavy (non-hydrogen) atoms. The lowest BCUT2D eigenvalue weighted by atomic mass is 10.1. The molecule has 0 unspecified atom stereocenters. The van der Waals surface area contributed by atoms with Crippen LogP contribution in [0.1, 0.15) is 18.2 Å². The summed E-state index contributed by atoms with van der Waals surface area (Å²) in [7, 11) is 0. The Balaban J connectivity index is 3.04. The van der Waals surface area contributed by atoms with Gasteiger partial charge in [0.1, 0.15) is 5.69 Å². The maximum absolute atomic E-state index is 12.8. The molecule has 0 amide bonds. The van der Waals surface area contributed by atoms with Gasteiger partial charge in [-0.05, 0) is 11.6 Å². The molecular weight excluding hydrogens is 228 g/mol. The molecule has 6 heteroatoms. The van der Waals surface area contributed by atoms with Gasteiger partial charge in [-0.3, -0.25) is 9.78 Å². The first-order chi connectivity index (χ1) is 6.80. The van der Waals surface area contributed by atoms with Crippen molar-refractivity contribution < 1.29 is 18.7 Å². The summed E-state index contributed by atoms with van der Waals surface area (Å²) >= 11 is 5.56. The minimum absolute atomic E-state index is 0.221. The molecule has 1 heterocycles. The minimum atomic E-state index is -3.13. The van der Waals surface area contributed by atoms with Gasteiger partial charge in [0, 0.05) is 13.1 Å². The number of rotatable bonds is 3. The quantitative estimate of drug-likeness (QED) is 0.876. The van der Waals surface area contributed by atoms with E-state index >= 15 is 0 Å². The lowest BCUT2D eigenvalue weighted by molar-refractivity contribution is -0.136. The van der Waals surface area contributed by atoms with Crippen LogP contribution in [0.2, 0.25) is 5.02 Å². The van der Waals surface area contributed by atoms with E-state index in [0.29, 0.717) is 12.5 Å². The van der Waals surface area contributed by atoms with Gasteiger partial charge in [0.25, 0.3) is 5.92 Å². The molecule has 0 atom stereocenters. The molecule has 0 saturated carbocycles. The average Bonchev–Trinajstić information content (AvgIpc) is 1.99. The zero-order chi connectivity index (χ0) is 11.6. The number of alkyl halides is 2. The van der Waals surface area contributed by atoms with E-state index in [-0.39, 0.29) is 11.4 Å². The molecule has 0 saturated heterocycles. The summed E-state index contributed by atoms with van der Waals surface area (Å²) in [6.45, 7) is 0.679. The summed E-state index contributed by atoms with van der Waals surface area (Å²) in [5, 5.41) is 8.25. The number of hydrogen-bond acceptors (Lipinski definition) is 2. The van der Waals surface area contributed by atoms with Crippen molar-refractivity contribution in [1.82, 2.24) is 4.98 Å². The van der Waals surface area contributed by atoms with Gasteiger partial charge >= 0.3 is 5.97 Å². The summed E-state index contributed by atoms with van der Waals surface area (Å²) in [4.78, 5) is 13.8. The zero-order valence-corrected chi connectivity index (χ0v) is 8.55. The van der Waals surface area contributed by atoms with E-state index in [1.807, 2.05) is 0 Å². The zero-order valence-electron chi connectivity index (χ0n) is 7.80. The first-order valence-corrected chi connectivity index (χ1v) is 4.43. The number of pyridine rings is 1. The van der Waals surface area contributed by atoms with Crippen LogP contribution in [-0.2, 0) is 17.1 Å². The van der Waals surface area contributed by atoms with E-state index in [1.54, 1.807) is 0 Å². The second-order valence-corrected chi connectivity index (χ2v) is 3.54. The fourth-order valence-electron chi connectivity index (χ4n) is 1.07. The number of aromatic nitrogens is 1. The second kappa shape index (κ2) is 4.10. The van der Waals surface area contributed by atoms with Gasteiger partial charge in [-0.1, -0.05) is 11.6 Å². The van der Waals surface area contributed by atoms with Crippen LogP contribution in [0.5, 0.6) is 0 Å². The number of nitrogens with zero attached hydrogens (tertiary/aromatic N) is 1. The van der Waals surface area contributed by atoms with Gasteiger partial charge in [-0.25, -0.2) is 0 Å². The van der Waals surface area contributed by atoms with Crippen LogP contribution >= 0.6 is 11.6 Å². The maximum Gasteiger partial charge on any atom is 0.307 e. The van der Waals surface area contributed by atoms with Crippen LogP contribution in [0, 0.1) is 0 Å². The van der Waals surface area contributed by atoms with E-state index in [4.69, 9.17) is 16.7 Å². The molecule has 0 fully saturated rings. The molecule has 82 valence electrons. The number of carbonyl (C=O) groups is 1. The van der Waals surface area contributed by atoms with E-state index in [1.165, 1.54) is 6.07 Å². The van der Waals surface area contributed by atoms with Crippen molar-refractivity contribution in [3.05, 3.63) is 28.5 Å². The van der Waals surface area contributed by atoms with Crippen LogP contribution in [0.15, 0.2) is 12.3 Å². The first kappa shape index (κ1) is 11.8. The predicted octanol–water partition coefficient (Wildman–Crippen LogP) is 2.47. The highest BCUT2D eigenvalue weighted by molar-refractivity contribution is 6.31. The molecule has 0 spiro atoms. The van der Waals surface area contributed by atoms with Crippen molar-refractivity contribution in [2.75, 3.05) is 0 Å². The Morgan fingerprint density at radius 2 is 2.27 bits per heavy atom. The van der Waals surface area contributed by atoms with E-state index < -0.39 is 17.6 Å². The molecule has 0 aliphatic heterocycles. The van der Waals surface area contributed by atoms with Gasteiger partial charge in [0.2, 0.25) is 0 Å². The Morgan fingerprint density at radius 1 is 1.67 bits per heavy atom. The fraction of sp³-hybridized carbons (Fsp3) is 0.333.